The zero-order valence-corrected chi connectivity index (χ0v) is 10.8. The van der Waals surface area contributed by atoms with Gasteiger partial charge in [0.25, 0.3) is 0 Å². The van der Waals surface area contributed by atoms with E-state index < -0.39 is 6.04 Å². The van der Waals surface area contributed by atoms with Crippen molar-refractivity contribution in [1.29, 1.82) is 0 Å². The summed E-state index contributed by atoms with van der Waals surface area (Å²) < 4.78 is 4.74. The Labute approximate surface area is 105 Å². The van der Waals surface area contributed by atoms with Crippen LogP contribution in [-0.2, 0) is 9.53 Å². The van der Waals surface area contributed by atoms with E-state index in [1.54, 1.807) is 37.2 Å². The molecule has 0 fully saturated rings. The Morgan fingerprint density at radius 3 is 2.19 bits per heavy atom. The average Bonchev–Trinajstić information content (AvgIpc) is 2.22. The highest BCUT2D eigenvalue weighted by Gasteiger charge is 2.27. The second-order valence-corrected chi connectivity index (χ2v) is 4.34. The highest BCUT2D eigenvalue weighted by atomic mass is 35.5. The fourth-order valence-electron chi connectivity index (χ4n) is 1.47. The molecule has 0 aliphatic rings. The first-order valence-corrected chi connectivity index (χ1v) is 5.42. The Morgan fingerprint density at radius 1 is 1.31 bits per heavy atom. The lowest BCUT2D eigenvalue weighted by Crippen LogP contribution is -2.29. The molecule has 1 rings (SSSR count). The van der Waals surface area contributed by atoms with Gasteiger partial charge in [-0.05, 0) is 26.2 Å². The van der Waals surface area contributed by atoms with E-state index in [1.165, 1.54) is 7.11 Å². The molecular weight excluding hydrogens is 249 g/mol. The molecule has 0 bridgehead atoms. The van der Waals surface area contributed by atoms with Gasteiger partial charge in [0.1, 0.15) is 6.04 Å². The van der Waals surface area contributed by atoms with E-state index in [-0.39, 0.29) is 5.97 Å². The first-order chi connectivity index (χ1) is 7.49. The van der Waals surface area contributed by atoms with E-state index in [0.717, 1.165) is 0 Å². The van der Waals surface area contributed by atoms with Crippen LogP contribution in [0.5, 0.6) is 0 Å². The maximum absolute atomic E-state index is 11.7. The van der Waals surface area contributed by atoms with E-state index in [0.29, 0.717) is 15.6 Å². The first kappa shape index (κ1) is 13.3. The number of halogens is 2. The molecule has 0 aliphatic carbocycles. The molecule has 0 aliphatic heterocycles. The standard InChI is InChI=1S/C11H13Cl2NO2/c1-14(2)10(11(15)16-3)9-7(12)5-4-6-8(9)13/h4-6,10H,1-3H3. The molecule has 0 saturated carbocycles. The summed E-state index contributed by atoms with van der Waals surface area (Å²) >= 11 is 12.1. The van der Waals surface area contributed by atoms with Gasteiger partial charge in [-0.1, -0.05) is 29.3 Å². The summed E-state index contributed by atoms with van der Waals surface area (Å²) in [5, 5.41) is 0.910. The van der Waals surface area contributed by atoms with Crippen LogP contribution in [0.2, 0.25) is 10.0 Å². The maximum Gasteiger partial charge on any atom is 0.327 e. The smallest absolute Gasteiger partial charge is 0.327 e. The van der Waals surface area contributed by atoms with Crippen molar-refractivity contribution in [3.63, 3.8) is 0 Å². The van der Waals surface area contributed by atoms with Crippen molar-refractivity contribution in [3.8, 4) is 0 Å². The lowest BCUT2D eigenvalue weighted by atomic mass is 10.1. The predicted molar refractivity (Wildman–Crippen MR) is 64.9 cm³/mol. The number of hydrogen-bond acceptors (Lipinski definition) is 3. The van der Waals surface area contributed by atoms with Gasteiger partial charge in [0.15, 0.2) is 0 Å². The molecule has 88 valence electrons. The van der Waals surface area contributed by atoms with Gasteiger partial charge in [0.05, 0.1) is 7.11 Å². The molecule has 0 amide bonds. The third-order valence-electron chi connectivity index (χ3n) is 2.21. The third-order valence-corrected chi connectivity index (χ3v) is 2.87. The lowest BCUT2D eigenvalue weighted by molar-refractivity contribution is -0.146. The van der Waals surface area contributed by atoms with E-state index >= 15 is 0 Å². The van der Waals surface area contributed by atoms with Gasteiger partial charge >= 0.3 is 5.97 Å². The molecule has 1 atom stereocenters. The Morgan fingerprint density at radius 2 is 1.81 bits per heavy atom. The van der Waals surface area contributed by atoms with Gasteiger partial charge in [-0.15, -0.1) is 0 Å². The van der Waals surface area contributed by atoms with E-state index in [4.69, 9.17) is 27.9 Å². The average molecular weight is 262 g/mol. The lowest BCUT2D eigenvalue weighted by Gasteiger charge is -2.23. The maximum atomic E-state index is 11.7. The Balaban J connectivity index is 3.26. The minimum absolute atomic E-state index is 0.389. The van der Waals surface area contributed by atoms with Gasteiger partial charge in [-0.3, -0.25) is 4.90 Å². The molecule has 5 heteroatoms. The van der Waals surface area contributed by atoms with Gasteiger partial charge in [0, 0.05) is 15.6 Å². The second kappa shape index (κ2) is 5.53. The van der Waals surface area contributed by atoms with Crippen molar-refractivity contribution in [2.75, 3.05) is 21.2 Å². The van der Waals surface area contributed by atoms with Crippen molar-refractivity contribution in [2.24, 2.45) is 0 Å². The van der Waals surface area contributed by atoms with Crippen molar-refractivity contribution in [2.45, 2.75) is 6.04 Å². The highest BCUT2D eigenvalue weighted by molar-refractivity contribution is 6.36. The Hall–Kier alpha value is -0.770. The molecule has 0 heterocycles. The molecule has 1 aromatic carbocycles. The SMILES string of the molecule is COC(=O)C(c1c(Cl)cccc1Cl)N(C)C. The quantitative estimate of drug-likeness (QED) is 0.784. The molecular formula is C11H13Cl2NO2. The van der Waals surface area contributed by atoms with E-state index in [2.05, 4.69) is 0 Å². The molecule has 16 heavy (non-hydrogen) atoms. The van der Waals surface area contributed by atoms with Crippen LogP contribution in [-0.4, -0.2) is 32.1 Å². The van der Waals surface area contributed by atoms with Crippen LogP contribution in [0.1, 0.15) is 11.6 Å². The number of likely N-dealkylation sites (N-methyl/N-ethyl adjacent to an activating group) is 1. The summed E-state index contributed by atoms with van der Waals surface area (Å²) in [6.45, 7) is 0. The number of esters is 1. The van der Waals surface area contributed by atoms with E-state index in [9.17, 15) is 4.79 Å². The topological polar surface area (TPSA) is 29.5 Å². The number of hydrogen-bond donors (Lipinski definition) is 0. The summed E-state index contributed by atoms with van der Waals surface area (Å²) in [6.07, 6.45) is 0. The predicted octanol–water partition coefficient (Wildman–Crippen LogP) is 2.77. The molecule has 0 N–H and O–H groups in total. The Kier molecular flexibility index (Phi) is 4.59. The summed E-state index contributed by atoms with van der Waals surface area (Å²) in [6, 6.07) is 4.54. The summed E-state index contributed by atoms with van der Waals surface area (Å²) in [5.41, 5.74) is 0.572. The van der Waals surface area contributed by atoms with Crippen LogP contribution >= 0.6 is 23.2 Å². The minimum Gasteiger partial charge on any atom is -0.468 e. The second-order valence-electron chi connectivity index (χ2n) is 3.52. The van der Waals surface area contributed by atoms with Crippen LogP contribution in [0.25, 0.3) is 0 Å². The molecule has 0 saturated heterocycles. The van der Waals surface area contributed by atoms with Crippen LogP contribution in [0, 0.1) is 0 Å². The van der Waals surface area contributed by atoms with Gasteiger partial charge in [0.2, 0.25) is 0 Å². The fraction of sp³-hybridized carbons (Fsp3) is 0.364. The van der Waals surface area contributed by atoms with Crippen LogP contribution in [0.4, 0.5) is 0 Å². The van der Waals surface area contributed by atoms with Gasteiger partial charge < -0.3 is 4.74 Å². The summed E-state index contributed by atoms with van der Waals surface area (Å²) in [7, 11) is 4.87. The van der Waals surface area contributed by atoms with Crippen LogP contribution < -0.4 is 0 Å². The number of methoxy groups -OCH3 is 1. The van der Waals surface area contributed by atoms with Gasteiger partial charge in [-0.25, -0.2) is 4.79 Å². The monoisotopic (exact) mass is 261 g/mol. The summed E-state index contributed by atoms with van der Waals surface area (Å²) in [4.78, 5) is 13.4. The molecule has 0 radical (unpaired) electrons. The molecule has 0 aromatic heterocycles. The minimum atomic E-state index is -0.591. The number of carbonyl (C=O) groups is 1. The largest absolute Gasteiger partial charge is 0.468 e. The van der Waals surface area contributed by atoms with Crippen molar-refractivity contribution in [1.82, 2.24) is 4.90 Å². The molecule has 1 unspecified atom stereocenters. The van der Waals surface area contributed by atoms with Gasteiger partial charge in [-0.2, -0.15) is 0 Å². The number of ether oxygens (including phenoxy) is 1. The molecule has 3 nitrogen and oxygen atoms in total. The van der Waals surface area contributed by atoms with Crippen molar-refractivity contribution < 1.29 is 9.53 Å². The third kappa shape index (κ3) is 2.67. The first-order valence-electron chi connectivity index (χ1n) is 4.67. The summed E-state index contributed by atoms with van der Waals surface area (Å²) in [5.74, 6) is -0.389. The zero-order chi connectivity index (χ0) is 12.3. The van der Waals surface area contributed by atoms with Crippen molar-refractivity contribution in [3.05, 3.63) is 33.8 Å². The molecule has 1 aromatic rings. The number of benzene rings is 1. The number of rotatable bonds is 3. The zero-order valence-electron chi connectivity index (χ0n) is 9.33. The molecule has 0 spiro atoms. The number of carbonyl (C=O) groups excluding carboxylic acids is 1. The van der Waals surface area contributed by atoms with Crippen LogP contribution in [0.15, 0.2) is 18.2 Å². The fourth-order valence-corrected chi connectivity index (χ4v) is 2.07. The highest BCUT2D eigenvalue weighted by Crippen LogP contribution is 2.33. The Bertz CT molecular complexity index is 373. The normalized spacial score (nSPS) is 12.6. The van der Waals surface area contributed by atoms with Crippen LogP contribution in [0.3, 0.4) is 0 Å². The van der Waals surface area contributed by atoms with E-state index in [1.807, 2.05) is 0 Å². The number of nitrogens with zero attached hydrogens (tertiary/aromatic N) is 1. The van der Waals surface area contributed by atoms with Crippen molar-refractivity contribution >= 4 is 29.2 Å².